The fourth-order valence-electron chi connectivity index (χ4n) is 1.86. The van der Waals surface area contributed by atoms with Crippen LogP contribution in [0.25, 0.3) is 22.5 Å². The van der Waals surface area contributed by atoms with E-state index in [0.717, 1.165) is 27.5 Å². The minimum atomic E-state index is 0.720. The van der Waals surface area contributed by atoms with Crippen LogP contribution in [0.1, 0.15) is 0 Å². The minimum Gasteiger partial charge on any atom is -0.252 e. The molecule has 0 aliphatic carbocycles. The van der Waals surface area contributed by atoms with Gasteiger partial charge in [-0.1, -0.05) is 54.1 Å². The van der Waals surface area contributed by atoms with Crippen LogP contribution in [0.5, 0.6) is 0 Å². The fourth-order valence-corrected chi connectivity index (χ4v) is 1.98. The Morgan fingerprint density at radius 1 is 0.632 bits per heavy atom. The lowest BCUT2D eigenvalue weighted by atomic mass is 10.1. The zero-order valence-electron chi connectivity index (χ0n) is 10.1. The van der Waals surface area contributed by atoms with E-state index in [1.165, 1.54) is 0 Å². The van der Waals surface area contributed by atoms with Gasteiger partial charge in [0.2, 0.25) is 0 Å². The van der Waals surface area contributed by atoms with Crippen LogP contribution in [-0.4, -0.2) is 9.97 Å². The van der Waals surface area contributed by atoms with Crippen molar-refractivity contribution < 1.29 is 0 Å². The van der Waals surface area contributed by atoms with Crippen LogP contribution in [-0.2, 0) is 0 Å². The highest BCUT2D eigenvalue weighted by Crippen LogP contribution is 2.21. The number of rotatable bonds is 2. The molecule has 0 spiro atoms. The van der Waals surface area contributed by atoms with Gasteiger partial charge in [0, 0.05) is 16.1 Å². The number of hydrogen-bond acceptors (Lipinski definition) is 2. The second-order valence-electron chi connectivity index (χ2n) is 4.16. The highest BCUT2D eigenvalue weighted by atomic mass is 35.5. The summed E-state index contributed by atoms with van der Waals surface area (Å²) in [5.41, 5.74) is 3.80. The first kappa shape index (κ1) is 11.9. The SMILES string of the molecule is Clc1ccc(-c2cnc(-c3ccccc3)cn2)cc1. The molecule has 1 heterocycles. The van der Waals surface area contributed by atoms with Gasteiger partial charge in [-0.25, -0.2) is 0 Å². The minimum absolute atomic E-state index is 0.720. The van der Waals surface area contributed by atoms with E-state index >= 15 is 0 Å². The van der Waals surface area contributed by atoms with Crippen molar-refractivity contribution in [2.75, 3.05) is 0 Å². The quantitative estimate of drug-likeness (QED) is 0.684. The van der Waals surface area contributed by atoms with Crippen molar-refractivity contribution in [1.29, 1.82) is 0 Å². The lowest BCUT2D eigenvalue weighted by Gasteiger charge is -2.03. The zero-order valence-corrected chi connectivity index (χ0v) is 10.9. The van der Waals surface area contributed by atoms with Crippen molar-refractivity contribution in [3.8, 4) is 22.5 Å². The van der Waals surface area contributed by atoms with Crippen LogP contribution >= 0.6 is 11.6 Å². The Morgan fingerprint density at radius 3 is 1.68 bits per heavy atom. The zero-order chi connectivity index (χ0) is 13.1. The molecule has 0 amide bonds. The summed E-state index contributed by atoms with van der Waals surface area (Å²) in [6, 6.07) is 17.6. The normalized spacial score (nSPS) is 10.4. The number of aromatic nitrogens is 2. The van der Waals surface area contributed by atoms with E-state index in [0.29, 0.717) is 0 Å². The number of nitrogens with zero attached hydrogens (tertiary/aromatic N) is 2. The Bertz CT molecular complexity index is 661. The Balaban J connectivity index is 1.93. The van der Waals surface area contributed by atoms with Gasteiger partial charge in [-0.2, -0.15) is 0 Å². The second-order valence-corrected chi connectivity index (χ2v) is 4.60. The van der Waals surface area contributed by atoms with Crippen molar-refractivity contribution in [1.82, 2.24) is 9.97 Å². The van der Waals surface area contributed by atoms with Crippen LogP contribution in [0, 0.1) is 0 Å². The van der Waals surface area contributed by atoms with E-state index in [2.05, 4.69) is 9.97 Å². The van der Waals surface area contributed by atoms with Gasteiger partial charge >= 0.3 is 0 Å². The topological polar surface area (TPSA) is 25.8 Å². The summed E-state index contributed by atoms with van der Waals surface area (Å²) < 4.78 is 0. The lowest BCUT2D eigenvalue weighted by Crippen LogP contribution is -1.88. The molecule has 19 heavy (non-hydrogen) atoms. The predicted molar refractivity (Wildman–Crippen MR) is 77.9 cm³/mol. The van der Waals surface area contributed by atoms with Crippen LogP contribution in [0.3, 0.4) is 0 Å². The van der Waals surface area contributed by atoms with E-state index in [9.17, 15) is 0 Å². The van der Waals surface area contributed by atoms with Crippen molar-refractivity contribution in [3.63, 3.8) is 0 Å². The molecule has 0 atom stereocenters. The summed E-state index contributed by atoms with van der Waals surface area (Å²) in [7, 11) is 0. The van der Waals surface area contributed by atoms with Gasteiger partial charge in [0.1, 0.15) is 0 Å². The molecule has 0 bridgehead atoms. The standard InChI is InChI=1S/C16H11ClN2/c17-14-8-6-13(7-9-14)16-11-18-15(10-19-16)12-4-2-1-3-5-12/h1-11H. The Morgan fingerprint density at radius 2 is 1.16 bits per heavy atom. The van der Waals surface area contributed by atoms with Crippen molar-refractivity contribution in [3.05, 3.63) is 72.0 Å². The van der Waals surface area contributed by atoms with E-state index in [4.69, 9.17) is 11.6 Å². The molecule has 0 N–H and O–H groups in total. The van der Waals surface area contributed by atoms with E-state index in [1.807, 2.05) is 54.6 Å². The second kappa shape index (κ2) is 5.21. The molecule has 0 unspecified atom stereocenters. The highest BCUT2D eigenvalue weighted by molar-refractivity contribution is 6.30. The molecule has 0 radical (unpaired) electrons. The first-order valence-electron chi connectivity index (χ1n) is 5.96. The van der Waals surface area contributed by atoms with Crippen LogP contribution < -0.4 is 0 Å². The summed E-state index contributed by atoms with van der Waals surface area (Å²) in [5, 5.41) is 0.720. The average molecular weight is 267 g/mol. The van der Waals surface area contributed by atoms with E-state index in [-0.39, 0.29) is 0 Å². The van der Waals surface area contributed by atoms with Crippen LogP contribution in [0.4, 0.5) is 0 Å². The largest absolute Gasteiger partial charge is 0.252 e. The molecule has 0 saturated carbocycles. The maximum atomic E-state index is 5.87. The van der Waals surface area contributed by atoms with Gasteiger partial charge in [-0.15, -0.1) is 0 Å². The third-order valence-electron chi connectivity index (χ3n) is 2.86. The maximum absolute atomic E-state index is 5.87. The number of benzene rings is 2. The Kier molecular flexibility index (Phi) is 3.25. The van der Waals surface area contributed by atoms with Gasteiger partial charge in [-0.05, 0) is 12.1 Å². The summed E-state index contributed by atoms with van der Waals surface area (Å²) in [5.74, 6) is 0. The molecule has 0 aliphatic rings. The van der Waals surface area contributed by atoms with Crippen LogP contribution in [0.15, 0.2) is 67.0 Å². The molecule has 0 saturated heterocycles. The molecule has 2 aromatic carbocycles. The molecule has 92 valence electrons. The predicted octanol–water partition coefficient (Wildman–Crippen LogP) is 4.46. The highest BCUT2D eigenvalue weighted by Gasteiger charge is 2.02. The van der Waals surface area contributed by atoms with Crippen molar-refractivity contribution in [2.45, 2.75) is 0 Å². The number of hydrogen-bond donors (Lipinski definition) is 0. The van der Waals surface area contributed by atoms with Gasteiger partial charge in [-0.3, -0.25) is 9.97 Å². The van der Waals surface area contributed by atoms with Gasteiger partial charge < -0.3 is 0 Å². The smallest absolute Gasteiger partial charge is 0.0885 e. The Hall–Kier alpha value is -2.19. The van der Waals surface area contributed by atoms with E-state index in [1.54, 1.807) is 12.4 Å². The molecule has 3 heteroatoms. The lowest BCUT2D eigenvalue weighted by molar-refractivity contribution is 1.21. The fraction of sp³-hybridized carbons (Fsp3) is 0. The van der Waals surface area contributed by atoms with Crippen molar-refractivity contribution in [2.24, 2.45) is 0 Å². The van der Waals surface area contributed by atoms with Crippen molar-refractivity contribution >= 4 is 11.6 Å². The monoisotopic (exact) mass is 266 g/mol. The molecular weight excluding hydrogens is 256 g/mol. The third-order valence-corrected chi connectivity index (χ3v) is 3.11. The maximum Gasteiger partial charge on any atom is 0.0885 e. The summed E-state index contributed by atoms with van der Waals surface area (Å²) in [6.07, 6.45) is 3.57. The third kappa shape index (κ3) is 2.64. The Labute approximate surface area is 116 Å². The first-order chi connectivity index (χ1) is 9.33. The van der Waals surface area contributed by atoms with Gasteiger partial charge in [0.25, 0.3) is 0 Å². The molecular formula is C16H11ClN2. The summed E-state index contributed by atoms with van der Waals surface area (Å²) >= 11 is 5.87. The molecule has 3 aromatic rings. The number of halogens is 1. The molecule has 3 rings (SSSR count). The molecule has 0 aliphatic heterocycles. The van der Waals surface area contributed by atoms with Gasteiger partial charge in [0.15, 0.2) is 0 Å². The summed E-state index contributed by atoms with van der Waals surface area (Å²) in [4.78, 5) is 8.90. The molecule has 2 nitrogen and oxygen atoms in total. The molecule has 0 fully saturated rings. The van der Waals surface area contributed by atoms with Crippen LogP contribution in [0.2, 0.25) is 5.02 Å². The first-order valence-corrected chi connectivity index (χ1v) is 6.34. The van der Waals surface area contributed by atoms with E-state index < -0.39 is 0 Å². The average Bonchev–Trinajstić information content (AvgIpc) is 2.49. The van der Waals surface area contributed by atoms with Gasteiger partial charge in [0.05, 0.1) is 23.8 Å². The summed E-state index contributed by atoms with van der Waals surface area (Å²) in [6.45, 7) is 0. The molecule has 1 aromatic heterocycles.